The number of anilines is 1. The molecule has 4 N–H and O–H groups in total. The molecule has 0 saturated heterocycles. The molecule has 7 nitrogen and oxygen atoms in total. The average molecular weight is 322 g/mol. The summed E-state index contributed by atoms with van der Waals surface area (Å²) in [6.45, 7) is 1.07. The lowest BCUT2D eigenvalue weighted by Crippen LogP contribution is -2.38. The van der Waals surface area contributed by atoms with Crippen LogP contribution in [0.25, 0.3) is 0 Å². The molecule has 1 aromatic carbocycles. The number of carbonyl (C=O) groups is 2. The lowest BCUT2D eigenvalue weighted by molar-refractivity contribution is -0.118. The Morgan fingerprint density at radius 3 is 2.39 bits per heavy atom. The van der Waals surface area contributed by atoms with Crippen molar-refractivity contribution in [3.8, 4) is 0 Å². The Bertz CT molecular complexity index is 491. The molecule has 1 aromatic rings. The molecule has 128 valence electrons. The first-order chi connectivity index (χ1) is 11.1. The highest BCUT2D eigenvalue weighted by Gasteiger charge is 2.15. The molecule has 0 spiro atoms. The second-order valence-electron chi connectivity index (χ2n) is 5.10. The Hall–Kier alpha value is -2.12. The third kappa shape index (κ3) is 7.12. The van der Waals surface area contributed by atoms with E-state index in [9.17, 15) is 9.59 Å². The first kappa shape index (κ1) is 18.9. The van der Waals surface area contributed by atoms with Crippen molar-refractivity contribution < 1.29 is 14.3 Å². The maximum atomic E-state index is 12.2. The van der Waals surface area contributed by atoms with Crippen molar-refractivity contribution in [3.63, 3.8) is 0 Å². The van der Waals surface area contributed by atoms with Gasteiger partial charge in [-0.05, 0) is 51.2 Å². The fourth-order valence-corrected chi connectivity index (χ4v) is 2.02. The molecule has 0 aliphatic carbocycles. The van der Waals surface area contributed by atoms with E-state index in [1.165, 1.54) is 7.05 Å². The summed E-state index contributed by atoms with van der Waals surface area (Å²) in [6.07, 6.45) is 1.22. The molecule has 0 aliphatic heterocycles. The summed E-state index contributed by atoms with van der Waals surface area (Å²) >= 11 is 0. The lowest BCUT2D eigenvalue weighted by atomic mass is 10.1. The Morgan fingerprint density at radius 1 is 1.13 bits per heavy atom. The van der Waals surface area contributed by atoms with Gasteiger partial charge in [0, 0.05) is 12.7 Å². The van der Waals surface area contributed by atoms with Crippen molar-refractivity contribution in [1.29, 1.82) is 0 Å². The van der Waals surface area contributed by atoms with Gasteiger partial charge in [-0.1, -0.05) is 12.1 Å². The number of alkyl carbamates (subject to hydrolysis) is 1. The fourth-order valence-electron chi connectivity index (χ4n) is 2.02. The highest BCUT2D eigenvalue weighted by molar-refractivity contribution is 5.94. The van der Waals surface area contributed by atoms with E-state index in [1.807, 2.05) is 19.2 Å². The number of amides is 2. The highest BCUT2D eigenvalue weighted by Crippen LogP contribution is 2.11. The normalized spacial score (nSPS) is 11.6. The summed E-state index contributed by atoms with van der Waals surface area (Å²) in [6, 6.07) is 6.99. The Labute approximate surface area is 137 Å². The van der Waals surface area contributed by atoms with Gasteiger partial charge in [0.05, 0.1) is 6.04 Å². The topological polar surface area (TPSA) is 91.5 Å². The van der Waals surface area contributed by atoms with E-state index in [4.69, 9.17) is 4.74 Å². The van der Waals surface area contributed by atoms with E-state index in [1.54, 1.807) is 19.2 Å². The average Bonchev–Trinajstić information content (AvgIpc) is 2.57. The molecule has 0 aromatic heterocycles. The maximum Gasteiger partial charge on any atom is 0.407 e. The Balaban J connectivity index is 2.49. The number of ether oxygens (including phenoxy) is 1. The molecule has 0 heterocycles. The number of rotatable bonds is 9. The van der Waals surface area contributed by atoms with Crippen LogP contribution in [0.2, 0.25) is 0 Å². The lowest BCUT2D eigenvalue weighted by Gasteiger charge is -2.16. The summed E-state index contributed by atoms with van der Waals surface area (Å²) < 4.78 is 4.96. The minimum Gasteiger partial charge on any atom is -0.445 e. The molecule has 0 bridgehead atoms. The highest BCUT2D eigenvalue weighted by atomic mass is 16.5. The molecular formula is C16H26N4O3. The van der Waals surface area contributed by atoms with Gasteiger partial charge in [0.2, 0.25) is 5.91 Å². The van der Waals surface area contributed by atoms with Crippen molar-refractivity contribution in [2.45, 2.75) is 25.5 Å². The summed E-state index contributed by atoms with van der Waals surface area (Å²) in [5, 5.41) is 11.4. The molecule has 0 fully saturated rings. The van der Waals surface area contributed by atoms with Gasteiger partial charge in [0.25, 0.3) is 0 Å². The van der Waals surface area contributed by atoms with Gasteiger partial charge in [-0.25, -0.2) is 4.79 Å². The molecule has 7 heteroatoms. The van der Waals surface area contributed by atoms with E-state index in [0.717, 1.165) is 24.9 Å². The van der Waals surface area contributed by atoms with Gasteiger partial charge >= 0.3 is 6.09 Å². The van der Waals surface area contributed by atoms with Crippen LogP contribution < -0.4 is 21.3 Å². The molecule has 1 unspecified atom stereocenters. The van der Waals surface area contributed by atoms with Crippen molar-refractivity contribution in [2.75, 3.05) is 33.0 Å². The quantitative estimate of drug-likeness (QED) is 0.511. The number of benzene rings is 1. The first-order valence-corrected chi connectivity index (χ1v) is 7.67. The third-order valence-corrected chi connectivity index (χ3v) is 3.38. The first-order valence-electron chi connectivity index (χ1n) is 7.67. The van der Waals surface area contributed by atoms with E-state index in [0.29, 0.717) is 5.69 Å². The summed E-state index contributed by atoms with van der Waals surface area (Å²) in [4.78, 5) is 23.2. The third-order valence-electron chi connectivity index (χ3n) is 3.38. The van der Waals surface area contributed by atoms with Crippen molar-refractivity contribution in [3.05, 3.63) is 29.8 Å². The van der Waals surface area contributed by atoms with E-state index < -0.39 is 6.09 Å². The number of likely N-dealkylation sites (N-methyl/N-ethyl adjacent to an activating group) is 1. The molecule has 0 radical (unpaired) electrons. The predicted octanol–water partition coefficient (Wildman–Crippen LogP) is 1.07. The van der Waals surface area contributed by atoms with Gasteiger partial charge in [-0.3, -0.25) is 4.79 Å². The van der Waals surface area contributed by atoms with E-state index in [2.05, 4.69) is 21.3 Å². The van der Waals surface area contributed by atoms with Gasteiger partial charge in [0.15, 0.2) is 0 Å². The van der Waals surface area contributed by atoms with Crippen LogP contribution in [0.1, 0.15) is 18.4 Å². The van der Waals surface area contributed by atoms with Crippen LogP contribution in [0.5, 0.6) is 0 Å². The monoisotopic (exact) mass is 322 g/mol. The van der Waals surface area contributed by atoms with E-state index in [-0.39, 0.29) is 18.6 Å². The van der Waals surface area contributed by atoms with Crippen LogP contribution in [0, 0.1) is 0 Å². The van der Waals surface area contributed by atoms with Gasteiger partial charge < -0.3 is 26.0 Å². The second kappa shape index (κ2) is 10.6. The standard InChI is InChI=1S/C16H26N4O3/c1-17-10-4-5-14(18-2)15(21)20-13-8-6-12(7-9-13)11-23-16(22)19-3/h6-9,14,17-18H,4-5,10-11H2,1-3H3,(H,19,22)(H,20,21). The molecule has 0 aliphatic rings. The van der Waals surface area contributed by atoms with Crippen molar-refractivity contribution in [2.24, 2.45) is 0 Å². The van der Waals surface area contributed by atoms with Gasteiger partial charge in [-0.2, -0.15) is 0 Å². The summed E-state index contributed by atoms with van der Waals surface area (Å²) in [5.41, 5.74) is 1.57. The van der Waals surface area contributed by atoms with Crippen LogP contribution in [0.15, 0.2) is 24.3 Å². The van der Waals surface area contributed by atoms with E-state index >= 15 is 0 Å². The second-order valence-corrected chi connectivity index (χ2v) is 5.10. The van der Waals surface area contributed by atoms with Crippen LogP contribution in [0.4, 0.5) is 10.5 Å². The SMILES string of the molecule is CNCCCC(NC)C(=O)Nc1ccc(COC(=O)NC)cc1. The number of carbonyl (C=O) groups excluding carboxylic acids is 2. The van der Waals surface area contributed by atoms with Crippen LogP contribution >= 0.6 is 0 Å². The number of hydrogen-bond acceptors (Lipinski definition) is 5. The largest absolute Gasteiger partial charge is 0.445 e. The summed E-state index contributed by atoms with van der Waals surface area (Å²) in [7, 11) is 5.18. The zero-order chi connectivity index (χ0) is 17.1. The number of nitrogens with one attached hydrogen (secondary N) is 4. The molecule has 1 rings (SSSR count). The van der Waals surface area contributed by atoms with Crippen LogP contribution in [-0.2, 0) is 16.1 Å². The van der Waals surface area contributed by atoms with Crippen molar-refractivity contribution >= 4 is 17.7 Å². The van der Waals surface area contributed by atoms with Crippen molar-refractivity contribution in [1.82, 2.24) is 16.0 Å². The number of hydrogen-bond donors (Lipinski definition) is 4. The zero-order valence-electron chi connectivity index (χ0n) is 13.9. The summed E-state index contributed by atoms with van der Waals surface area (Å²) in [5.74, 6) is -0.0574. The molecule has 2 amide bonds. The predicted molar refractivity (Wildman–Crippen MR) is 90.3 cm³/mol. The van der Waals surface area contributed by atoms with Crippen LogP contribution in [-0.4, -0.2) is 45.7 Å². The molecule has 0 saturated carbocycles. The zero-order valence-corrected chi connectivity index (χ0v) is 13.9. The maximum absolute atomic E-state index is 12.2. The van der Waals surface area contributed by atoms with Gasteiger partial charge in [-0.15, -0.1) is 0 Å². The minimum absolute atomic E-state index is 0.0574. The fraction of sp³-hybridized carbons (Fsp3) is 0.500. The minimum atomic E-state index is -0.471. The Kier molecular flexibility index (Phi) is 8.71. The molecule has 1 atom stereocenters. The van der Waals surface area contributed by atoms with Gasteiger partial charge in [0.1, 0.15) is 6.61 Å². The Morgan fingerprint density at radius 2 is 1.83 bits per heavy atom. The smallest absolute Gasteiger partial charge is 0.407 e. The molecule has 23 heavy (non-hydrogen) atoms. The van der Waals surface area contributed by atoms with Crippen LogP contribution in [0.3, 0.4) is 0 Å². The molecular weight excluding hydrogens is 296 g/mol.